The lowest BCUT2D eigenvalue weighted by molar-refractivity contribution is -0.132. The fourth-order valence-electron chi connectivity index (χ4n) is 2.54. The second kappa shape index (κ2) is 6.31. The molecule has 0 radical (unpaired) electrons. The van der Waals surface area contributed by atoms with Gasteiger partial charge in [-0.2, -0.15) is 0 Å². The molecular formula is C15H20F2N2O. The van der Waals surface area contributed by atoms with Crippen molar-refractivity contribution in [3.63, 3.8) is 0 Å². The standard InChI is InChI=1S/C15H20F2N2O/c1-10(12-5-6-13(16)14(17)9-12)18-11(2)15(20)19-7-3-4-8-19/h5-6,9-11,18H,3-4,7-8H2,1-2H3. The van der Waals surface area contributed by atoms with Gasteiger partial charge in [0.05, 0.1) is 6.04 Å². The summed E-state index contributed by atoms with van der Waals surface area (Å²) in [5.74, 6) is -1.66. The van der Waals surface area contributed by atoms with Crippen molar-refractivity contribution < 1.29 is 13.6 Å². The van der Waals surface area contributed by atoms with Crippen molar-refractivity contribution >= 4 is 5.91 Å². The van der Waals surface area contributed by atoms with Crippen molar-refractivity contribution in [3.05, 3.63) is 35.4 Å². The minimum atomic E-state index is -0.866. The molecule has 1 aliphatic heterocycles. The van der Waals surface area contributed by atoms with Crippen LogP contribution in [0.4, 0.5) is 8.78 Å². The van der Waals surface area contributed by atoms with Gasteiger partial charge < -0.3 is 4.90 Å². The molecule has 1 aromatic rings. The zero-order valence-electron chi connectivity index (χ0n) is 11.8. The fourth-order valence-corrected chi connectivity index (χ4v) is 2.54. The number of carbonyl (C=O) groups excluding carboxylic acids is 1. The number of rotatable bonds is 4. The van der Waals surface area contributed by atoms with Gasteiger partial charge in [-0.1, -0.05) is 6.07 Å². The Kier molecular flexibility index (Phi) is 4.70. The van der Waals surface area contributed by atoms with Crippen LogP contribution in [0.3, 0.4) is 0 Å². The van der Waals surface area contributed by atoms with E-state index in [9.17, 15) is 13.6 Å². The summed E-state index contributed by atoms with van der Waals surface area (Å²) in [4.78, 5) is 14.0. The lowest BCUT2D eigenvalue weighted by Crippen LogP contribution is -2.44. The van der Waals surface area contributed by atoms with Crippen LogP contribution in [0.25, 0.3) is 0 Å². The summed E-state index contributed by atoms with van der Waals surface area (Å²) in [5, 5.41) is 3.14. The summed E-state index contributed by atoms with van der Waals surface area (Å²) in [6.07, 6.45) is 2.11. The Morgan fingerprint density at radius 1 is 1.20 bits per heavy atom. The zero-order valence-corrected chi connectivity index (χ0v) is 11.8. The highest BCUT2D eigenvalue weighted by molar-refractivity contribution is 5.81. The van der Waals surface area contributed by atoms with Gasteiger partial charge in [0.1, 0.15) is 0 Å². The van der Waals surface area contributed by atoms with Crippen LogP contribution in [0.5, 0.6) is 0 Å². The average molecular weight is 282 g/mol. The maximum absolute atomic E-state index is 13.2. The first-order valence-corrected chi connectivity index (χ1v) is 6.99. The van der Waals surface area contributed by atoms with E-state index in [1.54, 1.807) is 6.92 Å². The van der Waals surface area contributed by atoms with Gasteiger partial charge in [0.25, 0.3) is 0 Å². The largest absolute Gasteiger partial charge is 0.341 e. The predicted molar refractivity (Wildman–Crippen MR) is 73.2 cm³/mol. The summed E-state index contributed by atoms with van der Waals surface area (Å²) < 4.78 is 26.1. The molecule has 2 rings (SSSR count). The van der Waals surface area contributed by atoms with Crippen LogP contribution in [-0.2, 0) is 4.79 Å². The van der Waals surface area contributed by atoms with Crippen molar-refractivity contribution in [2.45, 2.75) is 38.8 Å². The first-order valence-electron chi connectivity index (χ1n) is 6.99. The highest BCUT2D eigenvalue weighted by Gasteiger charge is 2.24. The van der Waals surface area contributed by atoms with E-state index in [0.717, 1.165) is 32.0 Å². The Hall–Kier alpha value is -1.49. The number of likely N-dealkylation sites (tertiary alicyclic amines) is 1. The molecule has 5 heteroatoms. The number of amides is 1. The number of carbonyl (C=O) groups is 1. The Morgan fingerprint density at radius 2 is 1.85 bits per heavy atom. The maximum Gasteiger partial charge on any atom is 0.239 e. The van der Waals surface area contributed by atoms with Crippen molar-refractivity contribution in [1.82, 2.24) is 10.2 Å². The van der Waals surface area contributed by atoms with Crippen LogP contribution in [0.2, 0.25) is 0 Å². The summed E-state index contributed by atoms with van der Waals surface area (Å²) >= 11 is 0. The number of nitrogens with one attached hydrogen (secondary N) is 1. The monoisotopic (exact) mass is 282 g/mol. The molecular weight excluding hydrogens is 262 g/mol. The first-order chi connectivity index (χ1) is 9.49. The number of halogens is 2. The molecule has 3 nitrogen and oxygen atoms in total. The first kappa shape index (κ1) is 14.9. The van der Waals surface area contributed by atoms with Crippen molar-refractivity contribution in [2.75, 3.05) is 13.1 Å². The van der Waals surface area contributed by atoms with Gasteiger partial charge in [-0.3, -0.25) is 10.1 Å². The van der Waals surface area contributed by atoms with Gasteiger partial charge in [-0.25, -0.2) is 8.78 Å². The highest BCUT2D eigenvalue weighted by Crippen LogP contribution is 2.17. The topological polar surface area (TPSA) is 32.3 Å². The molecule has 0 bridgehead atoms. The molecule has 2 atom stereocenters. The smallest absolute Gasteiger partial charge is 0.239 e. The van der Waals surface area contributed by atoms with Crippen LogP contribution in [0.1, 0.15) is 38.3 Å². The molecule has 0 spiro atoms. The molecule has 1 amide bonds. The third-order valence-corrected chi connectivity index (χ3v) is 3.73. The molecule has 1 aliphatic rings. The zero-order chi connectivity index (χ0) is 14.7. The van der Waals surface area contributed by atoms with Crippen LogP contribution < -0.4 is 5.32 Å². The SMILES string of the molecule is CC(NC(C)c1ccc(F)c(F)c1)C(=O)N1CCCC1. The third kappa shape index (κ3) is 3.33. The van der Waals surface area contributed by atoms with Gasteiger partial charge in [0.2, 0.25) is 5.91 Å². The van der Waals surface area contributed by atoms with Crippen molar-refractivity contribution in [2.24, 2.45) is 0 Å². The molecule has 1 saturated heterocycles. The van der Waals surface area contributed by atoms with E-state index in [1.165, 1.54) is 12.1 Å². The number of hydrogen-bond donors (Lipinski definition) is 1. The molecule has 0 aliphatic carbocycles. The Morgan fingerprint density at radius 3 is 2.45 bits per heavy atom. The number of nitrogens with zero attached hydrogens (tertiary/aromatic N) is 1. The lowest BCUT2D eigenvalue weighted by atomic mass is 10.1. The van der Waals surface area contributed by atoms with E-state index in [4.69, 9.17) is 0 Å². The van der Waals surface area contributed by atoms with E-state index < -0.39 is 11.6 Å². The average Bonchev–Trinajstić information content (AvgIpc) is 2.94. The highest BCUT2D eigenvalue weighted by atomic mass is 19.2. The molecule has 1 heterocycles. The normalized spacial score (nSPS) is 18.1. The summed E-state index contributed by atoms with van der Waals surface area (Å²) in [6.45, 7) is 5.26. The molecule has 1 fully saturated rings. The number of hydrogen-bond acceptors (Lipinski definition) is 2. The summed E-state index contributed by atoms with van der Waals surface area (Å²) in [7, 11) is 0. The minimum absolute atomic E-state index is 0.0666. The molecule has 20 heavy (non-hydrogen) atoms. The third-order valence-electron chi connectivity index (χ3n) is 3.73. The van der Waals surface area contributed by atoms with E-state index in [2.05, 4.69) is 5.32 Å². The van der Waals surface area contributed by atoms with Gasteiger partial charge >= 0.3 is 0 Å². The molecule has 0 aromatic heterocycles. The van der Waals surface area contributed by atoms with E-state index in [0.29, 0.717) is 5.56 Å². The molecule has 110 valence electrons. The second-order valence-electron chi connectivity index (χ2n) is 5.32. The van der Waals surface area contributed by atoms with Crippen molar-refractivity contribution in [3.8, 4) is 0 Å². The molecule has 1 N–H and O–H groups in total. The van der Waals surface area contributed by atoms with Gasteiger partial charge in [-0.15, -0.1) is 0 Å². The summed E-state index contributed by atoms with van der Waals surface area (Å²) in [5.41, 5.74) is 0.630. The second-order valence-corrected chi connectivity index (χ2v) is 5.32. The Balaban J connectivity index is 1.97. The molecule has 0 saturated carbocycles. The Bertz CT molecular complexity index is 487. The fraction of sp³-hybridized carbons (Fsp3) is 0.533. The van der Waals surface area contributed by atoms with Crippen LogP contribution in [-0.4, -0.2) is 29.9 Å². The molecule has 1 aromatic carbocycles. The van der Waals surface area contributed by atoms with Gasteiger partial charge in [0, 0.05) is 19.1 Å². The quantitative estimate of drug-likeness (QED) is 0.920. The van der Waals surface area contributed by atoms with Crippen LogP contribution in [0.15, 0.2) is 18.2 Å². The van der Waals surface area contributed by atoms with E-state index in [-0.39, 0.29) is 18.0 Å². The minimum Gasteiger partial charge on any atom is -0.341 e. The molecule has 2 unspecified atom stereocenters. The van der Waals surface area contributed by atoms with Crippen molar-refractivity contribution in [1.29, 1.82) is 0 Å². The Labute approximate surface area is 118 Å². The van der Waals surface area contributed by atoms with Crippen LogP contribution >= 0.6 is 0 Å². The summed E-state index contributed by atoms with van der Waals surface area (Å²) in [6, 6.07) is 3.25. The van der Waals surface area contributed by atoms with E-state index >= 15 is 0 Å². The van der Waals surface area contributed by atoms with Crippen LogP contribution in [0, 0.1) is 11.6 Å². The maximum atomic E-state index is 13.2. The predicted octanol–water partition coefficient (Wildman–Crippen LogP) is 2.63. The number of benzene rings is 1. The lowest BCUT2D eigenvalue weighted by Gasteiger charge is -2.24. The van der Waals surface area contributed by atoms with Gasteiger partial charge in [0.15, 0.2) is 11.6 Å². The van der Waals surface area contributed by atoms with Gasteiger partial charge in [-0.05, 0) is 44.4 Å². The van der Waals surface area contributed by atoms with E-state index in [1.807, 2.05) is 11.8 Å².